The van der Waals surface area contributed by atoms with Crippen LogP contribution in [0.2, 0.25) is 3.43 Å². The summed E-state index contributed by atoms with van der Waals surface area (Å²) in [6, 6.07) is 2.20. The normalized spacial score (nSPS) is 12.0. The van der Waals surface area contributed by atoms with Crippen LogP contribution in [0, 0.1) is 6.92 Å². The van der Waals surface area contributed by atoms with Gasteiger partial charge >= 0.3 is 135 Å². The second-order valence-corrected chi connectivity index (χ2v) is 11.2. The Balaban J connectivity index is 2.80. The van der Waals surface area contributed by atoms with Crippen LogP contribution >= 0.6 is 0 Å². The molecule has 20 heavy (non-hydrogen) atoms. The Morgan fingerprint density at radius 2 is 1.50 bits per heavy atom. The van der Waals surface area contributed by atoms with Gasteiger partial charge < -0.3 is 0 Å². The van der Waals surface area contributed by atoms with Gasteiger partial charge in [-0.3, -0.25) is 0 Å². The van der Waals surface area contributed by atoms with Gasteiger partial charge in [-0.15, -0.1) is 0 Å². The third-order valence-corrected chi connectivity index (χ3v) is 9.07. The molecular weight excluding hydrogens is 353 g/mol. The molecule has 2 radical (unpaired) electrons. The number of nitrogens with zero attached hydrogens (tertiary/aromatic N) is 1. The zero-order chi connectivity index (χ0) is 14.8. The van der Waals surface area contributed by atoms with E-state index in [1.54, 1.807) is 0 Å². The summed E-state index contributed by atoms with van der Waals surface area (Å²) in [4.78, 5) is 0. The molecule has 0 aromatic carbocycles. The molecule has 0 aliphatic heterocycles. The van der Waals surface area contributed by atoms with Crippen LogP contribution in [0.1, 0.15) is 84.3 Å². The molecule has 0 bridgehead atoms. The Kier molecular flexibility index (Phi) is 8.90. The van der Waals surface area contributed by atoms with Crippen molar-refractivity contribution in [3.63, 3.8) is 0 Å². The van der Waals surface area contributed by atoms with Crippen LogP contribution in [0.5, 0.6) is 0 Å². The maximum absolute atomic E-state index is 5.59. The number of hydrogen-bond donors (Lipinski definition) is 0. The Morgan fingerprint density at radius 1 is 1.00 bits per heavy atom. The van der Waals surface area contributed by atoms with Gasteiger partial charge in [-0.1, -0.05) is 0 Å². The van der Waals surface area contributed by atoms with Crippen molar-refractivity contribution in [1.82, 2.24) is 5.16 Å². The van der Waals surface area contributed by atoms with Crippen molar-refractivity contribution in [3.05, 3.63) is 11.8 Å². The number of unbranched alkanes of at least 4 members (excludes halogenated alkanes) is 3. The average molecular weight is 384 g/mol. The number of aryl methyl sites for hydroxylation is 1. The number of hydrogen-bond acceptors (Lipinski definition) is 2. The minimum atomic E-state index is -0.699. The SMILES string of the molecule is CCCC[C](CCCC)(CCCC)[Sn][c]1cc(C)no1. The van der Waals surface area contributed by atoms with Gasteiger partial charge in [0.2, 0.25) is 0 Å². The van der Waals surface area contributed by atoms with Gasteiger partial charge in [0.15, 0.2) is 0 Å². The molecule has 1 aromatic rings. The van der Waals surface area contributed by atoms with E-state index in [2.05, 4.69) is 32.0 Å². The molecule has 3 heteroatoms. The summed E-state index contributed by atoms with van der Waals surface area (Å²) in [5.74, 6) is 0. The Labute approximate surface area is 135 Å². The molecule has 114 valence electrons. The van der Waals surface area contributed by atoms with E-state index in [4.69, 9.17) is 4.52 Å². The molecule has 0 spiro atoms. The first-order chi connectivity index (χ1) is 9.65. The van der Waals surface area contributed by atoms with Crippen LogP contribution < -0.4 is 3.78 Å². The fraction of sp³-hybridized carbons (Fsp3) is 0.824. The molecule has 0 aliphatic rings. The molecular formula is C17H31NOSn. The van der Waals surface area contributed by atoms with E-state index < -0.39 is 21.1 Å². The van der Waals surface area contributed by atoms with Crippen molar-refractivity contribution in [3.8, 4) is 0 Å². The summed E-state index contributed by atoms with van der Waals surface area (Å²) in [7, 11) is 0. The van der Waals surface area contributed by atoms with Crippen molar-refractivity contribution in [2.24, 2.45) is 0 Å². The van der Waals surface area contributed by atoms with Gasteiger partial charge in [-0.2, -0.15) is 0 Å². The van der Waals surface area contributed by atoms with Gasteiger partial charge in [-0.25, -0.2) is 0 Å². The van der Waals surface area contributed by atoms with Crippen molar-refractivity contribution in [2.45, 2.75) is 88.9 Å². The summed E-state index contributed by atoms with van der Waals surface area (Å²) >= 11 is -0.699. The topological polar surface area (TPSA) is 26.0 Å². The first-order valence-corrected chi connectivity index (χ1v) is 11.2. The molecule has 0 fully saturated rings. The first-order valence-electron chi connectivity index (χ1n) is 8.37. The molecule has 0 saturated heterocycles. The standard InChI is InChI=1S/C13H27.C4H4NO.Sn/c1-4-7-10-13(11-8-5-2)12-9-6-3;1-4-2-3-6-5-4;/h4-12H2,1-3H3;2H,1H3;. The average Bonchev–Trinajstić information content (AvgIpc) is 2.85. The van der Waals surface area contributed by atoms with E-state index in [1.807, 2.05) is 6.92 Å². The predicted octanol–water partition coefficient (Wildman–Crippen LogP) is 5.04. The van der Waals surface area contributed by atoms with E-state index in [1.165, 1.54) is 61.6 Å². The summed E-state index contributed by atoms with van der Waals surface area (Å²) < 4.78 is 7.45. The summed E-state index contributed by atoms with van der Waals surface area (Å²) in [5, 5.41) is 4.11. The van der Waals surface area contributed by atoms with Crippen molar-refractivity contribution in [2.75, 3.05) is 0 Å². The van der Waals surface area contributed by atoms with Crippen LogP contribution in [0.25, 0.3) is 0 Å². The quantitative estimate of drug-likeness (QED) is 0.500. The van der Waals surface area contributed by atoms with Gasteiger partial charge in [0, 0.05) is 0 Å². The molecule has 0 aliphatic carbocycles. The van der Waals surface area contributed by atoms with Gasteiger partial charge in [0.1, 0.15) is 0 Å². The fourth-order valence-electron chi connectivity index (χ4n) is 2.79. The number of rotatable bonds is 11. The van der Waals surface area contributed by atoms with Gasteiger partial charge in [-0.05, 0) is 0 Å². The van der Waals surface area contributed by atoms with Crippen molar-refractivity contribution in [1.29, 1.82) is 0 Å². The van der Waals surface area contributed by atoms with E-state index in [-0.39, 0.29) is 0 Å². The van der Waals surface area contributed by atoms with Crippen LogP contribution in [-0.4, -0.2) is 26.3 Å². The summed E-state index contributed by atoms with van der Waals surface area (Å²) in [6.07, 6.45) is 12.3. The molecule has 0 N–H and O–H groups in total. The summed E-state index contributed by atoms with van der Waals surface area (Å²) in [5.41, 5.74) is 1.05. The van der Waals surface area contributed by atoms with E-state index in [0.29, 0.717) is 3.43 Å². The van der Waals surface area contributed by atoms with Crippen LogP contribution in [0.3, 0.4) is 0 Å². The number of aromatic nitrogens is 1. The zero-order valence-corrected chi connectivity index (χ0v) is 16.7. The molecule has 0 unspecified atom stereocenters. The third kappa shape index (κ3) is 6.19. The monoisotopic (exact) mass is 385 g/mol. The second-order valence-electron chi connectivity index (χ2n) is 6.05. The van der Waals surface area contributed by atoms with Crippen LogP contribution in [0.15, 0.2) is 10.6 Å². The molecule has 0 atom stereocenters. The molecule has 1 heterocycles. The predicted molar refractivity (Wildman–Crippen MR) is 87.9 cm³/mol. The molecule has 0 saturated carbocycles. The zero-order valence-electron chi connectivity index (χ0n) is 13.8. The van der Waals surface area contributed by atoms with E-state index >= 15 is 0 Å². The molecule has 2 nitrogen and oxygen atoms in total. The fourth-order valence-corrected chi connectivity index (χ4v) is 7.93. The first kappa shape index (κ1) is 18.1. The van der Waals surface area contributed by atoms with Crippen molar-refractivity contribution < 1.29 is 4.52 Å². The molecule has 1 aromatic heterocycles. The van der Waals surface area contributed by atoms with Gasteiger partial charge in [0.05, 0.1) is 0 Å². The van der Waals surface area contributed by atoms with Gasteiger partial charge in [0.25, 0.3) is 0 Å². The van der Waals surface area contributed by atoms with Crippen LogP contribution in [-0.2, 0) is 0 Å². The Hall–Kier alpha value is 0.00870. The second kappa shape index (κ2) is 9.86. The van der Waals surface area contributed by atoms with Crippen molar-refractivity contribution >= 4 is 24.9 Å². The third-order valence-electron chi connectivity index (χ3n) is 4.04. The van der Waals surface area contributed by atoms with Crippen LogP contribution in [0.4, 0.5) is 0 Å². The van der Waals surface area contributed by atoms with E-state index in [0.717, 1.165) is 5.69 Å². The Bertz CT molecular complexity index is 340. The molecule has 0 amide bonds. The minimum absolute atomic E-state index is 0.608. The maximum atomic E-state index is 5.59. The molecule has 1 rings (SSSR count). The Morgan fingerprint density at radius 3 is 1.85 bits per heavy atom. The summed E-state index contributed by atoms with van der Waals surface area (Å²) in [6.45, 7) is 8.98. The van der Waals surface area contributed by atoms with E-state index in [9.17, 15) is 0 Å².